The summed E-state index contributed by atoms with van der Waals surface area (Å²) in [4.78, 5) is 18.7. The summed E-state index contributed by atoms with van der Waals surface area (Å²) in [6, 6.07) is 8.80. The van der Waals surface area contributed by atoms with Crippen LogP contribution in [0.15, 0.2) is 35.2 Å². The molecule has 36 heavy (non-hydrogen) atoms. The predicted octanol–water partition coefficient (Wildman–Crippen LogP) is 2.45. The van der Waals surface area contributed by atoms with Crippen LogP contribution in [0.3, 0.4) is 0 Å². The molecule has 1 saturated heterocycles. The molecule has 2 aliphatic heterocycles. The highest BCUT2D eigenvalue weighted by Crippen LogP contribution is 2.28. The Balaban J connectivity index is 1.60. The molecule has 0 aromatic heterocycles. The van der Waals surface area contributed by atoms with Crippen LogP contribution < -0.4 is 4.99 Å². The first-order chi connectivity index (χ1) is 16.9. The number of nitrogens with zero attached hydrogens (tertiary/aromatic N) is 2. The van der Waals surface area contributed by atoms with Crippen LogP contribution in [0.2, 0.25) is 5.02 Å². The van der Waals surface area contributed by atoms with Gasteiger partial charge in [-0.15, -0.1) is 0 Å². The van der Waals surface area contributed by atoms with E-state index in [1.807, 2.05) is 0 Å². The van der Waals surface area contributed by atoms with Gasteiger partial charge in [-0.25, -0.2) is 13.2 Å². The van der Waals surface area contributed by atoms with E-state index in [0.29, 0.717) is 32.7 Å². The van der Waals surface area contributed by atoms with Gasteiger partial charge >= 0.3 is 5.91 Å². The Labute approximate surface area is 219 Å². The zero-order valence-corrected chi connectivity index (χ0v) is 23.2. The molecule has 4 rings (SSSR count). The average Bonchev–Trinajstić information content (AvgIpc) is 3.29. The number of sulfonamides is 1. The first-order valence-electron chi connectivity index (χ1n) is 12.3. The molecule has 2 heterocycles. The summed E-state index contributed by atoms with van der Waals surface area (Å²) in [5.74, 6) is 0.493. The molecule has 0 spiro atoms. The topological polar surface area (TPSA) is 80.9 Å². The van der Waals surface area contributed by atoms with Gasteiger partial charge in [-0.2, -0.15) is 9.21 Å². The van der Waals surface area contributed by atoms with Crippen LogP contribution in [0, 0.1) is 13.8 Å². The Kier molecular flexibility index (Phi) is 7.62. The van der Waals surface area contributed by atoms with Crippen molar-refractivity contribution < 1.29 is 22.9 Å². The molecule has 0 aliphatic carbocycles. The Hall–Kier alpha value is -2.26. The summed E-state index contributed by atoms with van der Waals surface area (Å²) in [7, 11) is -3.75. The highest BCUT2D eigenvalue weighted by atomic mass is 35.5. The SMILES string of the molecule is Cc1cc(C(C)(C)C)cc(C)c1CC1=[NH+]CCN1C(=O)c1cc(S(=O)(=O)N2CCOCC2)ccc1Cl. The van der Waals surface area contributed by atoms with Crippen molar-refractivity contribution in [3.8, 4) is 0 Å². The van der Waals surface area contributed by atoms with Crippen LogP contribution in [0.4, 0.5) is 0 Å². The van der Waals surface area contributed by atoms with E-state index in [2.05, 4.69) is 51.7 Å². The minimum Gasteiger partial charge on any atom is -0.379 e. The van der Waals surface area contributed by atoms with Gasteiger partial charge in [0, 0.05) is 13.1 Å². The van der Waals surface area contributed by atoms with Gasteiger partial charge in [0.15, 0.2) is 0 Å². The molecule has 194 valence electrons. The number of morpholine rings is 1. The van der Waals surface area contributed by atoms with Crippen molar-refractivity contribution in [2.45, 2.75) is 51.3 Å². The van der Waals surface area contributed by atoms with Crippen LogP contribution >= 0.6 is 11.6 Å². The lowest BCUT2D eigenvalue weighted by atomic mass is 9.83. The molecule has 2 aliphatic rings. The quantitative estimate of drug-likeness (QED) is 0.641. The maximum Gasteiger partial charge on any atom is 0.342 e. The molecule has 2 aromatic rings. The highest BCUT2D eigenvalue weighted by molar-refractivity contribution is 7.89. The predicted molar refractivity (Wildman–Crippen MR) is 141 cm³/mol. The second-order valence-electron chi connectivity index (χ2n) is 10.5. The average molecular weight is 533 g/mol. The molecule has 0 radical (unpaired) electrons. The highest BCUT2D eigenvalue weighted by Gasteiger charge is 2.36. The van der Waals surface area contributed by atoms with Gasteiger partial charge < -0.3 is 4.74 Å². The minimum absolute atomic E-state index is 0.0537. The first kappa shape index (κ1) is 26.8. The second kappa shape index (κ2) is 10.2. The molecule has 9 heteroatoms. The lowest BCUT2D eigenvalue weighted by Crippen LogP contribution is -2.71. The number of hydrogen-bond acceptors (Lipinski definition) is 4. The molecule has 7 nitrogen and oxygen atoms in total. The van der Waals surface area contributed by atoms with Crippen molar-refractivity contribution in [2.75, 3.05) is 39.4 Å². The van der Waals surface area contributed by atoms with Gasteiger partial charge in [0.1, 0.15) is 13.1 Å². The van der Waals surface area contributed by atoms with E-state index in [0.717, 1.165) is 5.84 Å². The zero-order chi connectivity index (χ0) is 26.3. The van der Waals surface area contributed by atoms with Crippen LogP contribution in [0.1, 0.15) is 53.4 Å². The van der Waals surface area contributed by atoms with Crippen LogP contribution in [0.25, 0.3) is 0 Å². The number of hydrogen-bond donors (Lipinski definition) is 1. The van der Waals surface area contributed by atoms with Crippen LogP contribution in [0.5, 0.6) is 0 Å². The maximum atomic E-state index is 13.6. The number of amides is 1. The molecule has 0 saturated carbocycles. The summed E-state index contributed by atoms with van der Waals surface area (Å²) in [6.45, 7) is 13.2. The van der Waals surface area contributed by atoms with E-state index >= 15 is 0 Å². The van der Waals surface area contributed by atoms with E-state index in [-0.39, 0.29) is 39.9 Å². The van der Waals surface area contributed by atoms with Gasteiger partial charge in [0.05, 0.1) is 35.1 Å². The zero-order valence-electron chi connectivity index (χ0n) is 21.7. The fourth-order valence-corrected chi connectivity index (χ4v) is 6.34. The number of ether oxygens (including phenoxy) is 1. The summed E-state index contributed by atoms with van der Waals surface area (Å²) in [5.41, 5.74) is 5.07. The standard InChI is InChI=1S/C27H34ClN3O4S/c1-18-14-20(27(3,4)5)15-19(2)22(18)17-25-29-8-9-31(25)26(32)23-16-21(6-7-24(23)28)36(33,34)30-10-12-35-13-11-30/h6-7,14-16H,8-13,17H2,1-5H3/p+1. The Morgan fingerprint density at radius 1 is 1.06 bits per heavy atom. The van der Waals surface area contributed by atoms with Crippen molar-refractivity contribution in [3.05, 3.63) is 63.2 Å². The molecule has 2 aromatic carbocycles. The second-order valence-corrected chi connectivity index (χ2v) is 12.8. The number of nitrogens with one attached hydrogen (secondary N) is 1. The third kappa shape index (κ3) is 5.37. The van der Waals surface area contributed by atoms with Gasteiger partial charge in [-0.1, -0.05) is 44.5 Å². The molecule has 1 fully saturated rings. The summed E-state index contributed by atoms with van der Waals surface area (Å²) >= 11 is 6.42. The molecule has 0 atom stereocenters. The van der Waals surface area contributed by atoms with Crippen LogP contribution in [-0.4, -0.2) is 68.8 Å². The maximum absolute atomic E-state index is 13.6. The summed E-state index contributed by atoms with van der Waals surface area (Å²) in [6.07, 6.45) is 0.581. The fraction of sp³-hybridized carbons (Fsp3) is 0.481. The summed E-state index contributed by atoms with van der Waals surface area (Å²) < 4.78 is 33.0. The molecule has 1 N–H and O–H groups in total. The number of aryl methyl sites for hydroxylation is 2. The number of halogens is 1. The third-order valence-corrected chi connectivity index (χ3v) is 9.14. The smallest absolute Gasteiger partial charge is 0.342 e. The molecular weight excluding hydrogens is 498 g/mol. The van der Waals surface area contributed by atoms with Crippen molar-refractivity contribution in [1.82, 2.24) is 9.21 Å². The normalized spacial score (nSPS) is 17.4. The van der Waals surface area contributed by atoms with E-state index in [1.165, 1.54) is 44.8 Å². The molecule has 0 bridgehead atoms. The number of carbonyl (C=O) groups is 1. The number of amidine groups is 1. The monoisotopic (exact) mass is 532 g/mol. The van der Waals surface area contributed by atoms with E-state index in [1.54, 1.807) is 4.90 Å². The third-order valence-electron chi connectivity index (χ3n) is 6.92. The van der Waals surface area contributed by atoms with Crippen molar-refractivity contribution in [3.63, 3.8) is 0 Å². The Bertz CT molecular complexity index is 1290. The minimum atomic E-state index is -3.75. The summed E-state index contributed by atoms with van der Waals surface area (Å²) in [5, 5.41) is 0.231. The van der Waals surface area contributed by atoms with Crippen molar-refractivity contribution >= 4 is 33.4 Å². The molecule has 1 amide bonds. The van der Waals surface area contributed by atoms with E-state index < -0.39 is 10.0 Å². The van der Waals surface area contributed by atoms with Gasteiger partial charge in [0.2, 0.25) is 10.0 Å². The molecule has 0 unspecified atom stereocenters. The first-order valence-corrected chi connectivity index (χ1v) is 14.1. The van der Waals surface area contributed by atoms with Crippen molar-refractivity contribution in [1.29, 1.82) is 0 Å². The lowest BCUT2D eigenvalue weighted by Gasteiger charge is -2.26. The van der Waals surface area contributed by atoms with Gasteiger partial charge in [-0.3, -0.25) is 4.99 Å². The van der Waals surface area contributed by atoms with E-state index in [9.17, 15) is 13.2 Å². The number of rotatable bonds is 5. The molecular formula is C27H35ClN3O4S+. The Morgan fingerprint density at radius 2 is 1.69 bits per heavy atom. The number of benzene rings is 2. The lowest BCUT2D eigenvalue weighted by molar-refractivity contribution is -0.445. The largest absolute Gasteiger partial charge is 0.379 e. The fourth-order valence-electron chi connectivity index (χ4n) is 4.71. The Morgan fingerprint density at radius 3 is 2.31 bits per heavy atom. The van der Waals surface area contributed by atoms with Gasteiger partial charge in [-0.05, 0) is 59.7 Å². The number of carbonyl (C=O) groups excluding carboxylic acids is 1. The van der Waals surface area contributed by atoms with E-state index in [4.69, 9.17) is 16.3 Å². The van der Waals surface area contributed by atoms with Gasteiger partial charge in [0.25, 0.3) is 5.84 Å². The van der Waals surface area contributed by atoms with Crippen LogP contribution in [-0.2, 0) is 26.6 Å². The van der Waals surface area contributed by atoms with Crippen molar-refractivity contribution in [2.24, 2.45) is 0 Å².